The Morgan fingerprint density at radius 1 is 1.50 bits per heavy atom. The molecule has 0 radical (unpaired) electrons. The average Bonchev–Trinajstić information content (AvgIpc) is 2.80. The summed E-state index contributed by atoms with van der Waals surface area (Å²) >= 11 is 13.1. The van der Waals surface area contributed by atoms with Crippen LogP contribution in [0.2, 0.25) is 0 Å². The molecule has 1 N–H and O–H groups in total. The summed E-state index contributed by atoms with van der Waals surface area (Å²) < 4.78 is 3.76. The molecule has 0 amide bonds. The first-order valence-corrected chi connectivity index (χ1v) is 7.00. The molecule has 0 unspecified atom stereocenters. The Kier molecular flexibility index (Phi) is 6.69. The van der Waals surface area contributed by atoms with Gasteiger partial charge in [-0.2, -0.15) is 0 Å². The third-order valence-electron chi connectivity index (χ3n) is 1.98. The Hall–Kier alpha value is -1.38. The van der Waals surface area contributed by atoms with Crippen LogP contribution in [0.4, 0.5) is 0 Å². The molecule has 1 aromatic carbocycles. The van der Waals surface area contributed by atoms with E-state index in [1.807, 2.05) is 30.6 Å². The summed E-state index contributed by atoms with van der Waals surface area (Å²) in [4.78, 5) is 12.3. The summed E-state index contributed by atoms with van der Waals surface area (Å²) in [6, 6.07) is 5.85. The Morgan fingerprint density at radius 2 is 2.15 bits per heavy atom. The number of halogens is 3. The quantitative estimate of drug-likeness (QED) is 0.576. The monoisotopic (exact) mass is 423 g/mol. The molecular formula is C11H8Br2ClN3O3. The Labute approximate surface area is 136 Å². The highest BCUT2D eigenvalue weighted by molar-refractivity contribution is 9.11. The van der Waals surface area contributed by atoms with Gasteiger partial charge in [-0.05, 0) is 12.1 Å². The van der Waals surface area contributed by atoms with E-state index in [2.05, 4.69) is 36.8 Å². The van der Waals surface area contributed by atoms with E-state index in [0.29, 0.717) is 5.03 Å². The number of rotatable bonds is 2. The summed E-state index contributed by atoms with van der Waals surface area (Å²) in [7, 11) is 0. The molecule has 6 nitrogen and oxygen atoms in total. The van der Waals surface area contributed by atoms with E-state index in [-0.39, 0.29) is 0 Å². The van der Waals surface area contributed by atoms with Crippen LogP contribution in [0.5, 0.6) is 0 Å². The number of nitrogens with zero attached hydrogens (tertiary/aromatic N) is 3. The molecule has 0 saturated heterocycles. The molecule has 2 aromatic rings. The smallest absolute Gasteiger partial charge is 0.291 e. The van der Waals surface area contributed by atoms with Crippen molar-refractivity contribution in [2.45, 2.75) is 0 Å². The zero-order valence-corrected chi connectivity index (χ0v) is 13.7. The van der Waals surface area contributed by atoms with Gasteiger partial charge in [-0.3, -0.25) is 0 Å². The predicted octanol–water partition coefficient (Wildman–Crippen LogP) is 4.25. The van der Waals surface area contributed by atoms with Gasteiger partial charge in [0.2, 0.25) is 0 Å². The lowest BCUT2D eigenvalue weighted by atomic mass is 10.2. The topological polar surface area (TPSA) is 81.2 Å². The van der Waals surface area contributed by atoms with Crippen LogP contribution in [0.1, 0.15) is 5.56 Å². The fourth-order valence-electron chi connectivity index (χ4n) is 1.23. The zero-order chi connectivity index (χ0) is 15.1. The molecule has 9 heteroatoms. The molecule has 106 valence electrons. The van der Waals surface area contributed by atoms with E-state index in [1.165, 1.54) is 0 Å². The minimum atomic E-state index is -1.50. The number of aromatic nitrogens is 2. The van der Waals surface area contributed by atoms with Crippen molar-refractivity contribution in [3.8, 4) is 0 Å². The third kappa shape index (κ3) is 5.72. The summed E-state index contributed by atoms with van der Waals surface area (Å²) in [6.07, 6.45) is 7.03. The normalized spacial score (nSPS) is 10.7. The highest BCUT2D eigenvalue weighted by Crippen LogP contribution is 2.30. The van der Waals surface area contributed by atoms with Crippen LogP contribution < -0.4 is 0 Å². The maximum atomic E-state index is 8.36. The first-order valence-electron chi connectivity index (χ1n) is 5.03. The third-order valence-corrected chi connectivity index (χ3v) is 3.43. The molecule has 0 fully saturated rings. The van der Waals surface area contributed by atoms with Gasteiger partial charge in [0.15, 0.2) is 0 Å². The second-order valence-corrected chi connectivity index (χ2v) is 5.53. The van der Waals surface area contributed by atoms with Crippen molar-refractivity contribution in [3.63, 3.8) is 0 Å². The number of hydrogen-bond donors (Lipinski definition) is 1. The van der Waals surface area contributed by atoms with E-state index in [0.717, 1.165) is 14.5 Å². The Morgan fingerprint density at radius 3 is 2.65 bits per heavy atom. The van der Waals surface area contributed by atoms with Crippen molar-refractivity contribution in [1.82, 2.24) is 9.55 Å². The van der Waals surface area contributed by atoms with E-state index >= 15 is 0 Å². The molecule has 0 atom stereocenters. The fraction of sp³-hybridized carbons (Fsp3) is 0. The number of benzene rings is 1. The average molecular weight is 425 g/mol. The van der Waals surface area contributed by atoms with E-state index in [1.54, 1.807) is 17.1 Å². The van der Waals surface area contributed by atoms with Crippen LogP contribution in [0, 0.1) is 10.1 Å². The van der Waals surface area contributed by atoms with Crippen molar-refractivity contribution in [2.75, 3.05) is 0 Å². The molecule has 0 aliphatic heterocycles. The molecular weight excluding hydrogens is 417 g/mol. The largest absolute Gasteiger partial charge is 0.328 e. The molecule has 0 bridgehead atoms. The van der Waals surface area contributed by atoms with Crippen molar-refractivity contribution < 1.29 is 10.3 Å². The predicted molar refractivity (Wildman–Crippen MR) is 82.9 cm³/mol. The van der Waals surface area contributed by atoms with Crippen LogP contribution >= 0.6 is 43.5 Å². The van der Waals surface area contributed by atoms with E-state index < -0.39 is 5.09 Å². The van der Waals surface area contributed by atoms with Gasteiger partial charge in [-0.25, -0.2) is 4.98 Å². The second kappa shape index (κ2) is 8.03. The van der Waals surface area contributed by atoms with Gasteiger partial charge < -0.3 is 9.77 Å². The highest BCUT2D eigenvalue weighted by Gasteiger charge is 2.04. The minimum absolute atomic E-state index is 0.650. The fourth-order valence-corrected chi connectivity index (χ4v) is 2.88. The van der Waals surface area contributed by atoms with Gasteiger partial charge in [0.05, 0.1) is 11.4 Å². The minimum Gasteiger partial charge on any atom is -0.328 e. The van der Waals surface area contributed by atoms with Gasteiger partial charge >= 0.3 is 0 Å². The lowest BCUT2D eigenvalue weighted by molar-refractivity contribution is -0.742. The summed E-state index contributed by atoms with van der Waals surface area (Å²) in [5, 5.41) is 14.3. The Balaban J connectivity index is 0.000000444. The Bertz CT molecular complexity index is 613. The van der Waals surface area contributed by atoms with Gasteiger partial charge in [0.25, 0.3) is 5.09 Å². The van der Waals surface area contributed by atoms with Gasteiger partial charge in [0.1, 0.15) is 0 Å². The van der Waals surface area contributed by atoms with Gasteiger partial charge in [-0.15, -0.1) is 10.1 Å². The summed E-state index contributed by atoms with van der Waals surface area (Å²) in [5.74, 6) is 0. The highest BCUT2D eigenvalue weighted by atomic mass is 79.9. The van der Waals surface area contributed by atoms with E-state index in [4.69, 9.17) is 26.9 Å². The van der Waals surface area contributed by atoms with Crippen LogP contribution in [0.3, 0.4) is 0 Å². The standard InChI is InChI=1S/C11H7Br2ClN2.HNO3/c12-8-1-2-9(10(13)5-8)11(14)6-16-4-3-15-7-16;2-1(3)4/h1-7H;(H,2,3,4)/b11-6-;. The SMILES string of the molecule is Cl/C(=C\n1ccnc1)c1ccc(Br)cc1Br.O=[N+]([O-])O. The van der Waals surface area contributed by atoms with Crippen molar-refractivity contribution >= 4 is 54.7 Å². The molecule has 0 saturated carbocycles. The zero-order valence-electron chi connectivity index (χ0n) is 9.78. The second-order valence-electron chi connectivity index (χ2n) is 3.35. The summed E-state index contributed by atoms with van der Waals surface area (Å²) in [6.45, 7) is 0. The number of hydrogen-bond acceptors (Lipinski definition) is 3. The van der Waals surface area contributed by atoms with Crippen molar-refractivity contribution in [2.24, 2.45) is 0 Å². The van der Waals surface area contributed by atoms with Crippen LogP contribution in [0.15, 0.2) is 45.9 Å². The van der Waals surface area contributed by atoms with Crippen molar-refractivity contribution in [3.05, 3.63) is 61.5 Å². The lowest BCUT2D eigenvalue weighted by Crippen LogP contribution is -1.84. The maximum Gasteiger partial charge on any atom is 0.291 e. The molecule has 2 rings (SSSR count). The van der Waals surface area contributed by atoms with Crippen LogP contribution in [0.25, 0.3) is 11.2 Å². The maximum absolute atomic E-state index is 8.36. The van der Waals surface area contributed by atoms with Crippen LogP contribution in [-0.4, -0.2) is 19.8 Å². The van der Waals surface area contributed by atoms with Gasteiger partial charge in [0, 0.05) is 33.1 Å². The summed E-state index contributed by atoms with van der Waals surface area (Å²) in [5.41, 5.74) is 0.943. The first-order chi connectivity index (χ1) is 9.40. The molecule has 1 heterocycles. The molecule has 20 heavy (non-hydrogen) atoms. The molecule has 0 aliphatic rings. The number of imidazole rings is 1. The molecule has 0 aliphatic carbocycles. The molecule has 0 spiro atoms. The van der Waals surface area contributed by atoms with Gasteiger partial charge in [-0.1, -0.05) is 49.5 Å². The van der Waals surface area contributed by atoms with Crippen molar-refractivity contribution in [1.29, 1.82) is 0 Å². The van der Waals surface area contributed by atoms with E-state index in [9.17, 15) is 0 Å². The molecule has 1 aromatic heterocycles. The lowest BCUT2D eigenvalue weighted by Gasteiger charge is -2.03. The first kappa shape index (κ1) is 16.7. The van der Waals surface area contributed by atoms with Crippen LogP contribution in [-0.2, 0) is 0 Å².